The third kappa shape index (κ3) is 7.28. The fourth-order valence-electron chi connectivity index (χ4n) is 7.19. The van der Waals surface area contributed by atoms with Crippen molar-refractivity contribution >= 4 is 55.5 Å². The molecule has 1 atom stereocenters. The molecule has 3 aromatic heterocycles. The van der Waals surface area contributed by atoms with E-state index in [1.807, 2.05) is 47.9 Å². The van der Waals surface area contributed by atoms with Gasteiger partial charge in [-0.15, -0.1) is 21.5 Å². The van der Waals surface area contributed by atoms with Crippen LogP contribution in [0.2, 0.25) is 0 Å². The van der Waals surface area contributed by atoms with Crippen LogP contribution in [0.3, 0.4) is 0 Å². The van der Waals surface area contributed by atoms with Gasteiger partial charge in [0.15, 0.2) is 5.82 Å². The molecule has 1 aliphatic rings. The van der Waals surface area contributed by atoms with Crippen LogP contribution >= 0.6 is 11.3 Å². The smallest absolute Gasteiger partial charge is 0.308 e. The molecule has 8 rings (SSSR count). The van der Waals surface area contributed by atoms with Gasteiger partial charge in [0.1, 0.15) is 22.9 Å². The third-order valence-corrected chi connectivity index (χ3v) is 13.1. The van der Waals surface area contributed by atoms with E-state index in [4.69, 9.17) is 9.73 Å². The number of aryl methyl sites for hydroxylation is 3. The number of ether oxygens (including phenoxy) is 1. The highest BCUT2D eigenvalue weighted by Crippen LogP contribution is 2.40. The van der Waals surface area contributed by atoms with E-state index in [9.17, 15) is 23.3 Å². The van der Waals surface area contributed by atoms with Gasteiger partial charge in [0.2, 0.25) is 0 Å². The number of nitrogens with one attached hydrogen (secondary N) is 3. The number of nitrogens with zero attached hydrogens (tertiary/aromatic N) is 5. The normalized spacial score (nSPS) is 13.5. The summed E-state index contributed by atoms with van der Waals surface area (Å²) in [6, 6.07) is 26.7. The van der Waals surface area contributed by atoms with Gasteiger partial charge < -0.3 is 15.0 Å². The second-order valence-corrected chi connectivity index (χ2v) is 17.1. The van der Waals surface area contributed by atoms with E-state index in [1.165, 1.54) is 19.2 Å². The number of aromatic amines is 1. The van der Waals surface area contributed by atoms with Crippen molar-refractivity contribution in [1.82, 2.24) is 25.1 Å². The quantitative estimate of drug-likeness (QED) is 0.117. The molecule has 0 spiro atoms. The monoisotopic (exact) mass is 822 g/mol. The number of fused-ring (bicyclic) bond motifs is 4. The number of nitriles is 1. The molecule has 13 nitrogen and oxygen atoms in total. The standard InChI is InChI=1S/C44H38N8O5S2/c1-24-6-19-35-33(21-45)23-46-41(35)39(24)51-59(55,56)34-17-7-28(8-18-34)22-47-43(54)32-15-11-30(12-16-32)29-9-13-31(14-10-29)40-38-25(2)26(3)58-44(38)52-27(4)49-50-42(52)36(48-40)20-37(53)57-5/h6-19,23,36,46,51H,20,22H2,1-5H3,(H,47,54)/t36-/m0/s1. The molecule has 0 aliphatic carbocycles. The Labute approximate surface area is 344 Å². The molecule has 0 bridgehead atoms. The van der Waals surface area contributed by atoms with Gasteiger partial charge in [0, 0.05) is 39.7 Å². The molecule has 15 heteroatoms. The number of carbonyl (C=O) groups excluding carboxylic acids is 2. The molecule has 0 unspecified atom stereocenters. The lowest BCUT2D eigenvalue weighted by Crippen LogP contribution is -2.22. The summed E-state index contributed by atoms with van der Waals surface area (Å²) in [6.07, 6.45) is 1.58. The van der Waals surface area contributed by atoms with E-state index in [0.717, 1.165) is 49.0 Å². The highest BCUT2D eigenvalue weighted by molar-refractivity contribution is 7.92. The summed E-state index contributed by atoms with van der Waals surface area (Å²) in [4.78, 5) is 35.0. The Bertz CT molecular complexity index is 2970. The van der Waals surface area contributed by atoms with E-state index in [2.05, 4.69) is 45.1 Å². The number of aromatic nitrogens is 4. The number of anilines is 1. The zero-order valence-corrected chi connectivity index (χ0v) is 34.4. The maximum atomic E-state index is 13.3. The molecule has 59 heavy (non-hydrogen) atoms. The Kier molecular flexibility index (Phi) is 10.2. The Hall–Kier alpha value is -6.89. The van der Waals surface area contributed by atoms with Gasteiger partial charge in [-0.2, -0.15) is 5.26 Å². The van der Waals surface area contributed by atoms with Gasteiger partial charge in [0.25, 0.3) is 15.9 Å². The van der Waals surface area contributed by atoms with Crippen LogP contribution in [0.15, 0.2) is 101 Å². The number of sulfonamides is 1. The van der Waals surface area contributed by atoms with Crippen LogP contribution in [0.25, 0.3) is 27.0 Å². The van der Waals surface area contributed by atoms with Crippen molar-refractivity contribution in [1.29, 1.82) is 5.26 Å². The van der Waals surface area contributed by atoms with Gasteiger partial charge >= 0.3 is 5.97 Å². The van der Waals surface area contributed by atoms with Crippen LogP contribution in [0.1, 0.15) is 72.7 Å². The van der Waals surface area contributed by atoms with Crippen molar-refractivity contribution in [2.75, 3.05) is 11.8 Å². The minimum atomic E-state index is -3.95. The van der Waals surface area contributed by atoms with Crippen LogP contribution in [0.5, 0.6) is 0 Å². The number of H-pyrrole nitrogens is 1. The van der Waals surface area contributed by atoms with Crippen molar-refractivity contribution in [3.63, 3.8) is 0 Å². The maximum Gasteiger partial charge on any atom is 0.308 e. The number of thiophene rings is 1. The van der Waals surface area contributed by atoms with Crippen molar-refractivity contribution in [2.24, 2.45) is 4.99 Å². The van der Waals surface area contributed by atoms with E-state index >= 15 is 0 Å². The number of esters is 1. The van der Waals surface area contributed by atoms with E-state index in [-0.39, 0.29) is 29.7 Å². The first-order chi connectivity index (χ1) is 28.4. The van der Waals surface area contributed by atoms with Crippen molar-refractivity contribution in [3.8, 4) is 22.2 Å². The summed E-state index contributed by atoms with van der Waals surface area (Å²) < 4.78 is 36.3. The second-order valence-electron chi connectivity index (χ2n) is 14.3. The fourth-order valence-corrected chi connectivity index (χ4v) is 9.55. The van der Waals surface area contributed by atoms with E-state index < -0.39 is 16.1 Å². The maximum absolute atomic E-state index is 13.3. The van der Waals surface area contributed by atoms with Crippen LogP contribution in [0.4, 0.5) is 5.69 Å². The van der Waals surface area contributed by atoms with Crippen LogP contribution in [0, 0.1) is 39.0 Å². The molecular formula is C44H38N8O5S2. The number of methoxy groups -OCH3 is 1. The SMILES string of the molecule is COC(=O)C[C@@H]1N=C(c2ccc(-c3ccc(C(=O)NCc4ccc(S(=O)(=O)Nc5c(C)ccc6c(C#N)c[nH]c56)cc4)cc3)cc2)c2c(sc(C)c2C)-n2c(C)nnc21. The van der Waals surface area contributed by atoms with Crippen molar-refractivity contribution < 1.29 is 22.7 Å². The summed E-state index contributed by atoms with van der Waals surface area (Å²) in [7, 11) is -2.59. The zero-order valence-electron chi connectivity index (χ0n) is 32.7. The van der Waals surface area contributed by atoms with E-state index in [0.29, 0.717) is 44.9 Å². The molecule has 0 radical (unpaired) electrons. The molecule has 4 heterocycles. The molecule has 296 valence electrons. The highest BCUT2D eigenvalue weighted by Gasteiger charge is 2.32. The number of aliphatic imine (C=N–C) groups is 1. The third-order valence-electron chi connectivity index (χ3n) is 10.6. The summed E-state index contributed by atoms with van der Waals surface area (Å²) in [6.45, 7) is 8.04. The molecule has 0 saturated carbocycles. The number of amides is 1. The highest BCUT2D eigenvalue weighted by atomic mass is 32.2. The number of hydrogen-bond donors (Lipinski definition) is 3. The lowest BCUT2D eigenvalue weighted by atomic mass is 9.96. The van der Waals surface area contributed by atoms with Gasteiger partial charge in [0.05, 0.1) is 40.9 Å². The molecule has 3 N–H and O–H groups in total. The molecule has 7 aromatic rings. The average molecular weight is 823 g/mol. The predicted octanol–water partition coefficient (Wildman–Crippen LogP) is 7.77. The van der Waals surface area contributed by atoms with Gasteiger partial charge in [-0.3, -0.25) is 23.9 Å². The molecule has 1 aliphatic heterocycles. The first-order valence-electron chi connectivity index (χ1n) is 18.7. The second kappa shape index (κ2) is 15.5. The number of rotatable bonds is 10. The molecule has 0 fully saturated rings. The summed E-state index contributed by atoms with van der Waals surface area (Å²) >= 11 is 1.65. The number of benzene rings is 4. The van der Waals surface area contributed by atoms with Gasteiger partial charge in [-0.1, -0.05) is 60.7 Å². The summed E-state index contributed by atoms with van der Waals surface area (Å²) in [5.74, 6) is 0.653. The Morgan fingerprint density at radius 3 is 2.27 bits per heavy atom. The molecular weight excluding hydrogens is 785 g/mol. The number of hydrogen-bond acceptors (Lipinski definition) is 10. The van der Waals surface area contributed by atoms with Crippen molar-refractivity contribution in [3.05, 3.63) is 147 Å². The first kappa shape index (κ1) is 39.0. The zero-order chi connectivity index (χ0) is 41.6. The van der Waals surface area contributed by atoms with Crippen LogP contribution in [-0.2, 0) is 26.1 Å². The van der Waals surface area contributed by atoms with Crippen LogP contribution in [-0.4, -0.2) is 52.9 Å². The van der Waals surface area contributed by atoms with Gasteiger partial charge in [-0.05, 0) is 79.8 Å². The lowest BCUT2D eigenvalue weighted by molar-refractivity contribution is -0.141. The summed E-state index contributed by atoms with van der Waals surface area (Å²) in [5.41, 5.74) is 8.86. The van der Waals surface area contributed by atoms with E-state index in [1.54, 1.807) is 60.9 Å². The van der Waals surface area contributed by atoms with Crippen LogP contribution < -0.4 is 10.0 Å². The Morgan fingerprint density at radius 1 is 0.915 bits per heavy atom. The summed E-state index contributed by atoms with van der Waals surface area (Å²) in [5, 5.41) is 22.7. The fraction of sp³-hybridized carbons (Fsp3) is 0.182. The topological polar surface area (TPSA) is 184 Å². The Balaban J connectivity index is 0.948. The molecule has 4 aromatic carbocycles. The largest absolute Gasteiger partial charge is 0.469 e. The molecule has 1 amide bonds. The Morgan fingerprint density at radius 2 is 1.59 bits per heavy atom. The number of carbonyl (C=O) groups is 2. The van der Waals surface area contributed by atoms with Gasteiger partial charge in [-0.25, -0.2) is 8.42 Å². The molecule has 0 saturated heterocycles. The lowest BCUT2D eigenvalue weighted by Gasteiger charge is -2.13. The minimum Gasteiger partial charge on any atom is -0.469 e. The first-order valence-corrected chi connectivity index (χ1v) is 21.0. The predicted molar refractivity (Wildman–Crippen MR) is 227 cm³/mol. The average Bonchev–Trinajstić information content (AvgIpc) is 3.91. The minimum absolute atomic E-state index is 0.0249. The van der Waals surface area contributed by atoms with Crippen molar-refractivity contribution in [2.45, 2.75) is 51.6 Å².